The molecule has 0 radical (unpaired) electrons. The Morgan fingerprint density at radius 3 is 2.62 bits per heavy atom. The van der Waals surface area contributed by atoms with Crippen molar-refractivity contribution in [1.82, 2.24) is 14.5 Å². The van der Waals surface area contributed by atoms with Crippen molar-refractivity contribution in [3.63, 3.8) is 0 Å². The molecular weight excluding hydrogens is 436 g/mol. The summed E-state index contributed by atoms with van der Waals surface area (Å²) in [5.41, 5.74) is 1.34. The van der Waals surface area contributed by atoms with Crippen LogP contribution < -0.4 is 15.6 Å². The first-order valence-electron chi connectivity index (χ1n) is 10.5. The maximum Gasteiger partial charge on any atom is 0.409 e. The molecule has 0 bridgehead atoms. The zero-order valence-corrected chi connectivity index (χ0v) is 19.7. The first kappa shape index (κ1) is 23.9. The molecule has 1 aliphatic heterocycles. The number of benzene rings is 1. The molecule has 2 heterocycles. The molecule has 9 nitrogen and oxygen atoms in total. The summed E-state index contributed by atoms with van der Waals surface area (Å²) in [6, 6.07) is 4.99. The van der Waals surface area contributed by atoms with Crippen molar-refractivity contribution < 1.29 is 19.0 Å². The Balaban J connectivity index is 1.98. The number of nitrogens with one attached hydrogen (secondary N) is 1. The minimum absolute atomic E-state index is 0.214. The summed E-state index contributed by atoms with van der Waals surface area (Å²) in [6.45, 7) is 7.17. The molecule has 2 atom stereocenters. The minimum Gasteiger partial charge on any atom is -0.497 e. The highest BCUT2D eigenvalue weighted by Gasteiger charge is 2.37. The number of methoxy groups -OCH3 is 2. The Labute approximate surface area is 192 Å². The molecule has 0 aliphatic carbocycles. The summed E-state index contributed by atoms with van der Waals surface area (Å²) in [7, 11) is 2.91. The average Bonchev–Trinajstić information content (AvgIpc) is 3.18. The second-order valence-electron chi connectivity index (χ2n) is 7.41. The highest BCUT2D eigenvalue weighted by atomic mass is 35.5. The van der Waals surface area contributed by atoms with Crippen molar-refractivity contribution in [2.24, 2.45) is 0 Å². The number of halogens is 1. The lowest BCUT2D eigenvalue weighted by molar-refractivity contribution is 0.0614. The fourth-order valence-electron chi connectivity index (χ4n) is 3.89. The topological polar surface area (TPSA) is 94.9 Å². The van der Waals surface area contributed by atoms with Crippen LogP contribution in [-0.4, -0.2) is 66.6 Å². The Morgan fingerprint density at radius 2 is 2.03 bits per heavy atom. The van der Waals surface area contributed by atoms with Crippen LogP contribution >= 0.6 is 11.6 Å². The number of aryl methyl sites for hydroxylation is 1. The molecule has 0 unspecified atom stereocenters. The predicted octanol–water partition coefficient (Wildman–Crippen LogP) is 3.17. The molecule has 1 saturated heterocycles. The van der Waals surface area contributed by atoms with E-state index in [9.17, 15) is 9.59 Å². The number of amides is 1. The first-order chi connectivity index (χ1) is 15.3. The van der Waals surface area contributed by atoms with Gasteiger partial charge in [-0.3, -0.25) is 9.36 Å². The number of hydrogen-bond donors (Lipinski definition) is 1. The molecule has 1 aliphatic rings. The summed E-state index contributed by atoms with van der Waals surface area (Å²) in [5, 5.41) is 3.73. The van der Waals surface area contributed by atoms with Gasteiger partial charge >= 0.3 is 6.09 Å². The lowest BCUT2D eigenvalue weighted by atomic mass is 10.1. The van der Waals surface area contributed by atoms with Gasteiger partial charge in [-0.25, -0.2) is 9.78 Å². The van der Waals surface area contributed by atoms with Crippen LogP contribution in [0.4, 0.5) is 10.5 Å². The molecule has 1 aromatic heterocycles. The third-order valence-corrected chi connectivity index (χ3v) is 5.81. The van der Waals surface area contributed by atoms with E-state index in [0.29, 0.717) is 59.8 Å². The number of rotatable bonds is 7. The Kier molecular flexibility index (Phi) is 7.63. The number of hydrogen-bond acceptors (Lipinski definition) is 7. The van der Waals surface area contributed by atoms with Gasteiger partial charge in [0.2, 0.25) is 0 Å². The second-order valence-corrected chi connectivity index (χ2v) is 7.82. The van der Waals surface area contributed by atoms with E-state index in [1.807, 2.05) is 13.8 Å². The SMILES string of the molecule is CCO[C@H]1CN(C(=O)OC)C[C@H]1Nc1c(C)nc(-c2ccc(OC)cc2Cl)n(CC)c1=O. The number of ether oxygens (including phenoxy) is 3. The number of anilines is 1. The van der Waals surface area contributed by atoms with Crippen molar-refractivity contribution in [1.29, 1.82) is 0 Å². The number of aromatic nitrogens is 2. The van der Waals surface area contributed by atoms with Gasteiger partial charge in [0.25, 0.3) is 5.56 Å². The van der Waals surface area contributed by atoms with Gasteiger partial charge in [0, 0.05) is 25.3 Å². The number of nitrogens with zero attached hydrogens (tertiary/aromatic N) is 3. The molecule has 0 saturated carbocycles. The summed E-state index contributed by atoms with van der Waals surface area (Å²) in [5.74, 6) is 1.11. The summed E-state index contributed by atoms with van der Waals surface area (Å²) < 4.78 is 17.4. The smallest absolute Gasteiger partial charge is 0.409 e. The van der Waals surface area contributed by atoms with Gasteiger partial charge in [-0.1, -0.05) is 11.6 Å². The van der Waals surface area contributed by atoms with Crippen LogP contribution in [0, 0.1) is 6.92 Å². The molecule has 10 heteroatoms. The zero-order chi connectivity index (χ0) is 23.4. The van der Waals surface area contributed by atoms with Gasteiger partial charge in [-0.05, 0) is 39.0 Å². The van der Waals surface area contributed by atoms with Crippen LogP contribution in [0.1, 0.15) is 19.5 Å². The molecular formula is C22H29ClN4O5. The van der Waals surface area contributed by atoms with Gasteiger partial charge in [0.15, 0.2) is 0 Å². The quantitative estimate of drug-likeness (QED) is 0.672. The lowest BCUT2D eigenvalue weighted by Crippen LogP contribution is -2.38. The average molecular weight is 465 g/mol. The van der Waals surface area contributed by atoms with Crippen molar-refractivity contribution in [3.8, 4) is 17.1 Å². The second kappa shape index (κ2) is 10.2. The van der Waals surface area contributed by atoms with Crippen molar-refractivity contribution in [3.05, 3.63) is 39.3 Å². The normalized spacial score (nSPS) is 18.0. The molecule has 174 valence electrons. The van der Waals surface area contributed by atoms with Crippen LogP contribution in [0.3, 0.4) is 0 Å². The van der Waals surface area contributed by atoms with Gasteiger partial charge in [0.1, 0.15) is 17.3 Å². The largest absolute Gasteiger partial charge is 0.497 e. The van der Waals surface area contributed by atoms with Crippen LogP contribution in [0.2, 0.25) is 5.02 Å². The van der Waals surface area contributed by atoms with Gasteiger partial charge in [0.05, 0.1) is 43.6 Å². The van der Waals surface area contributed by atoms with E-state index in [2.05, 4.69) is 5.32 Å². The van der Waals surface area contributed by atoms with E-state index in [0.717, 1.165) is 0 Å². The third-order valence-electron chi connectivity index (χ3n) is 5.49. The molecule has 3 rings (SSSR count). The van der Waals surface area contributed by atoms with E-state index in [4.69, 9.17) is 30.8 Å². The number of likely N-dealkylation sites (tertiary alicyclic amines) is 1. The van der Waals surface area contributed by atoms with E-state index in [1.165, 1.54) is 7.11 Å². The van der Waals surface area contributed by atoms with E-state index in [1.54, 1.807) is 41.7 Å². The lowest BCUT2D eigenvalue weighted by Gasteiger charge is -2.22. The van der Waals surface area contributed by atoms with Crippen molar-refractivity contribution in [2.75, 3.05) is 39.2 Å². The standard InChI is InChI=1S/C22H29ClN4O5/c1-6-27-20(15-9-8-14(30-4)10-16(15)23)24-13(3)19(21(27)28)25-17-11-26(22(29)31-5)12-18(17)32-7-2/h8-10,17-18,25H,6-7,11-12H2,1-5H3/t17-,18+/m1/s1. The monoisotopic (exact) mass is 464 g/mol. The van der Waals surface area contributed by atoms with E-state index in [-0.39, 0.29) is 17.7 Å². The first-order valence-corrected chi connectivity index (χ1v) is 10.9. The van der Waals surface area contributed by atoms with Gasteiger partial charge in [-0.2, -0.15) is 0 Å². The summed E-state index contributed by atoms with van der Waals surface area (Å²) in [4.78, 5) is 31.7. The molecule has 1 N–H and O–H groups in total. The summed E-state index contributed by atoms with van der Waals surface area (Å²) >= 11 is 6.45. The molecule has 1 fully saturated rings. The Bertz CT molecular complexity index is 1040. The molecule has 1 aromatic carbocycles. The minimum atomic E-state index is -0.427. The fourth-order valence-corrected chi connectivity index (χ4v) is 4.14. The van der Waals surface area contributed by atoms with Crippen LogP contribution in [-0.2, 0) is 16.0 Å². The Hall–Kier alpha value is -2.78. The maximum atomic E-state index is 13.4. The number of carbonyl (C=O) groups excluding carboxylic acids is 1. The van der Waals surface area contributed by atoms with Gasteiger partial charge in [-0.15, -0.1) is 0 Å². The van der Waals surface area contributed by atoms with E-state index >= 15 is 0 Å². The third kappa shape index (κ3) is 4.68. The van der Waals surface area contributed by atoms with Crippen molar-refractivity contribution in [2.45, 2.75) is 39.5 Å². The van der Waals surface area contributed by atoms with Crippen LogP contribution in [0.15, 0.2) is 23.0 Å². The predicted molar refractivity (Wildman–Crippen MR) is 123 cm³/mol. The van der Waals surface area contributed by atoms with Gasteiger partial charge < -0.3 is 24.4 Å². The molecule has 2 aromatic rings. The van der Waals surface area contributed by atoms with E-state index < -0.39 is 6.09 Å². The van der Waals surface area contributed by atoms with Crippen LogP contribution in [0.5, 0.6) is 5.75 Å². The highest BCUT2D eigenvalue weighted by Crippen LogP contribution is 2.30. The highest BCUT2D eigenvalue weighted by molar-refractivity contribution is 6.33. The van der Waals surface area contributed by atoms with Crippen molar-refractivity contribution >= 4 is 23.4 Å². The summed E-state index contributed by atoms with van der Waals surface area (Å²) in [6.07, 6.45) is -0.701. The zero-order valence-electron chi connectivity index (χ0n) is 19.0. The van der Waals surface area contributed by atoms with Crippen LogP contribution in [0.25, 0.3) is 11.4 Å². The molecule has 1 amide bonds. The molecule has 0 spiro atoms. The maximum absolute atomic E-state index is 13.4. The fraction of sp³-hybridized carbons (Fsp3) is 0.500. The number of carbonyl (C=O) groups is 1. The molecule has 32 heavy (non-hydrogen) atoms. The Morgan fingerprint density at radius 1 is 1.28 bits per heavy atom.